The number of aromatic nitrogens is 4. The Hall–Kier alpha value is -3.32. The number of nitrogens with one attached hydrogen (secondary N) is 2. The number of fused-ring (bicyclic) bond motifs is 1. The normalized spacial score (nSPS) is 13.7. The fourth-order valence-electron chi connectivity index (χ4n) is 2.73. The second kappa shape index (κ2) is 6.63. The van der Waals surface area contributed by atoms with Crippen LogP contribution < -0.4 is 16.0 Å². The van der Waals surface area contributed by atoms with Crippen molar-refractivity contribution in [3.05, 3.63) is 56.1 Å². The Morgan fingerprint density at radius 3 is 2.31 bits per heavy atom. The van der Waals surface area contributed by atoms with Crippen LogP contribution in [-0.2, 0) is 6.18 Å². The van der Waals surface area contributed by atoms with Gasteiger partial charge >= 0.3 is 18.2 Å². The van der Waals surface area contributed by atoms with Gasteiger partial charge in [0.2, 0.25) is 0 Å². The molecule has 0 spiro atoms. The molecule has 2 N–H and O–H groups in total. The maximum atomic E-state index is 14.3. The molecule has 2 aromatic heterocycles. The first kappa shape index (κ1) is 20.4. The number of rotatable bonds is 3. The standard InChI is InChI=1S/C15H9F7N4O3/c1-5(7-3-2-6(4-8(7)16)29-15(20,21)22)26-11-9(10(25-26)14(17,18)19)12(27)24-13(28)23-11/h2-5H,1H3,(H2,23,24,27,28)/t5-/m0/s1. The van der Waals surface area contributed by atoms with E-state index in [0.717, 1.165) is 12.1 Å². The predicted octanol–water partition coefficient (Wildman–Crippen LogP) is 3.08. The molecular weight excluding hydrogens is 417 g/mol. The van der Waals surface area contributed by atoms with Crippen molar-refractivity contribution >= 4 is 11.0 Å². The van der Waals surface area contributed by atoms with Gasteiger partial charge in [0, 0.05) is 11.6 Å². The van der Waals surface area contributed by atoms with Crippen LogP contribution in [0.15, 0.2) is 27.8 Å². The number of alkyl halides is 6. The number of ether oxygens (including phenoxy) is 1. The molecule has 29 heavy (non-hydrogen) atoms. The van der Waals surface area contributed by atoms with E-state index in [2.05, 4.69) is 9.84 Å². The summed E-state index contributed by atoms with van der Waals surface area (Å²) in [7, 11) is 0. The molecule has 156 valence electrons. The Balaban J connectivity index is 2.16. The minimum absolute atomic E-state index is 0.362. The lowest BCUT2D eigenvalue weighted by Crippen LogP contribution is -2.24. The zero-order valence-corrected chi connectivity index (χ0v) is 14.1. The summed E-state index contributed by atoms with van der Waals surface area (Å²) in [5.74, 6) is -2.11. The van der Waals surface area contributed by atoms with Gasteiger partial charge in [-0.05, 0) is 13.0 Å². The van der Waals surface area contributed by atoms with E-state index in [0.29, 0.717) is 10.7 Å². The molecule has 0 saturated carbocycles. The topological polar surface area (TPSA) is 92.8 Å². The van der Waals surface area contributed by atoms with Gasteiger partial charge in [0.15, 0.2) is 5.69 Å². The van der Waals surface area contributed by atoms with Crippen LogP contribution in [0, 0.1) is 5.82 Å². The maximum absolute atomic E-state index is 14.3. The third-order valence-corrected chi connectivity index (χ3v) is 3.89. The molecule has 0 amide bonds. The molecule has 3 aromatic rings. The molecular formula is C15H9F7N4O3. The summed E-state index contributed by atoms with van der Waals surface area (Å²) >= 11 is 0. The highest BCUT2D eigenvalue weighted by Gasteiger charge is 2.39. The average molecular weight is 426 g/mol. The van der Waals surface area contributed by atoms with Crippen molar-refractivity contribution in [2.24, 2.45) is 0 Å². The zero-order valence-electron chi connectivity index (χ0n) is 14.1. The first-order chi connectivity index (χ1) is 13.3. The van der Waals surface area contributed by atoms with Crippen LogP contribution in [0.25, 0.3) is 11.0 Å². The Labute approximate surface area is 154 Å². The van der Waals surface area contributed by atoms with Crippen molar-refractivity contribution in [2.45, 2.75) is 25.5 Å². The Bertz CT molecular complexity index is 1190. The first-order valence-corrected chi connectivity index (χ1v) is 7.65. The molecule has 14 heteroatoms. The van der Waals surface area contributed by atoms with Crippen molar-refractivity contribution in [1.82, 2.24) is 19.7 Å². The van der Waals surface area contributed by atoms with Gasteiger partial charge in [-0.1, -0.05) is 6.07 Å². The van der Waals surface area contributed by atoms with Gasteiger partial charge in [-0.2, -0.15) is 18.3 Å². The number of benzene rings is 1. The van der Waals surface area contributed by atoms with Gasteiger partial charge in [0.05, 0.1) is 6.04 Å². The van der Waals surface area contributed by atoms with E-state index in [9.17, 15) is 40.3 Å². The summed E-state index contributed by atoms with van der Waals surface area (Å²) in [4.78, 5) is 27.0. The summed E-state index contributed by atoms with van der Waals surface area (Å²) in [5, 5.41) is 2.31. The van der Waals surface area contributed by atoms with Crippen LogP contribution in [0.1, 0.15) is 24.2 Å². The van der Waals surface area contributed by atoms with Gasteiger partial charge in [-0.3, -0.25) is 14.8 Å². The van der Waals surface area contributed by atoms with Crippen molar-refractivity contribution in [2.75, 3.05) is 0 Å². The van der Waals surface area contributed by atoms with Gasteiger partial charge in [-0.25, -0.2) is 13.9 Å². The van der Waals surface area contributed by atoms with E-state index in [1.165, 1.54) is 6.92 Å². The molecule has 0 aliphatic heterocycles. The molecule has 0 saturated heterocycles. The minimum Gasteiger partial charge on any atom is -0.406 e. The highest BCUT2D eigenvalue weighted by molar-refractivity contribution is 5.77. The Morgan fingerprint density at radius 2 is 1.76 bits per heavy atom. The largest absolute Gasteiger partial charge is 0.573 e. The fourth-order valence-corrected chi connectivity index (χ4v) is 2.73. The molecule has 2 heterocycles. The van der Waals surface area contributed by atoms with Crippen LogP contribution in [0.3, 0.4) is 0 Å². The van der Waals surface area contributed by atoms with Crippen molar-refractivity contribution in [3.8, 4) is 5.75 Å². The smallest absolute Gasteiger partial charge is 0.406 e. The highest BCUT2D eigenvalue weighted by atomic mass is 19.4. The Morgan fingerprint density at radius 1 is 1.10 bits per heavy atom. The van der Waals surface area contributed by atoms with Crippen LogP contribution in [0.4, 0.5) is 30.7 Å². The summed E-state index contributed by atoms with van der Waals surface area (Å²) in [6, 6.07) is 0.665. The molecule has 1 atom stereocenters. The summed E-state index contributed by atoms with van der Waals surface area (Å²) < 4.78 is 94.9. The summed E-state index contributed by atoms with van der Waals surface area (Å²) in [6.45, 7) is 1.18. The fraction of sp³-hybridized carbons (Fsp3) is 0.267. The zero-order chi connectivity index (χ0) is 21.7. The lowest BCUT2D eigenvalue weighted by atomic mass is 10.1. The molecule has 0 fully saturated rings. The van der Waals surface area contributed by atoms with Gasteiger partial charge in [-0.15, -0.1) is 13.2 Å². The van der Waals surface area contributed by atoms with E-state index in [4.69, 9.17) is 0 Å². The van der Waals surface area contributed by atoms with Crippen LogP contribution >= 0.6 is 0 Å². The van der Waals surface area contributed by atoms with Crippen LogP contribution in [0.2, 0.25) is 0 Å². The molecule has 0 aliphatic carbocycles. The van der Waals surface area contributed by atoms with Crippen LogP contribution in [-0.4, -0.2) is 26.1 Å². The maximum Gasteiger partial charge on any atom is 0.573 e. The van der Waals surface area contributed by atoms with Crippen molar-refractivity contribution in [3.63, 3.8) is 0 Å². The molecule has 7 nitrogen and oxygen atoms in total. The van der Waals surface area contributed by atoms with E-state index in [1.807, 2.05) is 4.98 Å². The van der Waals surface area contributed by atoms with Gasteiger partial charge in [0.25, 0.3) is 5.56 Å². The molecule has 3 rings (SSSR count). The second-order valence-electron chi connectivity index (χ2n) is 5.83. The number of H-pyrrole nitrogens is 2. The second-order valence-corrected chi connectivity index (χ2v) is 5.83. The number of nitrogens with zero attached hydrogens (tertiary/aromatic N) is 2. The monoisotopic (exact) mass is 426 g/mol. The Kier molecular flexibility index (Phi) is 4.67. The highest BCUT2D eigenvalue weighted by Crippen LogP contribution is 2.34. The van der Waals surface area contributed by atoms with E-state index >= 15 is 0 Å². The lowest BCUT2D eigenvalue weighted by molar-refractivity contribution is -0.274. The summed E-state index contributed by atoms with van der Waals surface area (Å²) in [6.07, 6.45) is -10.1. The molecule has 0 radical (unpaired) electrons. The van der Waals surface area contributed by atoms with Crippen molar-refractivity contribution in [1.29, 1.82) is 0 Å². The SMILES string of the molecule is C[C@@H](c1ccc(OC(F)(F)F)cc1F)n1nc(C(F)(F)F)c2c(=O)[nH]c(=O)[nH]c21. The van der Waals surface area contributed by atoms with Crippen LogP contribution in [0.5, 0.6) is 5.75 Å². The number of hydrogen-bond acceptors (Lipinski definition) is 4. The van der Waals surface area contributed by atoms with Gasteiger partial charge in [0.1, 0.15) is 22.6 Å². The third-order valence-electron chi connectivity index (χ3n) is 3.89. The summed E-state index contributed by atoms with van der Waals surface area (Å²) in [5.41, 5.74) is -5.09. The molecule has 0 unspecified atom stereocenters. The number of aromatic amines is 2. The van der Waals surface area contributed by atoms with Gasteiger partial charge < -0.3 is 4.74 Å². The number of halogens is 7. The molecule has 0 bridgehead atoms. The predicted molar refractivity (Wildman–Crippen MR) is 82.9 cm³/mol. The average Bonchev–Trinajstić information content (AvgIpc) is 2.92. The van der Waals surface area contributed by atoms with E-state index in [-0.39, 0.29) is 5.56 Å². The lowest BCUT2D eigenvalue weighted by Gasteiger charge is -2.16. The first-order valence-electron chi connectivity index (χ1n) is 7.65. The quantitative estimate of drug-likeness (QED) is 0.630. The van der Waals surface area contributed by atoms with E-state index in [1.54, 1.807) is 4.98 Å². The minimum atomic E-state index is -5.07. The van der Waals surface area contributed by atoms with E-state index < -0.39 is 58.1 Å². The third kappa shape index (κ3) is 3.95. The molecule has 1 aromatic carbocycles. The molecule has 0 aliphatic rings. The number of hydrogen-bond donors (Lipinski definition) is 2. The van der Waals surface area contributed by atoms with Crippen molar-refractivity contribution < 1.29 is 35.5 Å².